The average Bonchev–Trinajstić information content (AvgIpc) is 3.18. The Balaban J connectivity index is 1.52. The van der Waals surface area contributed by atoms with Gasteiger partial charge in [0.2, 0.25) is 11.7 Å². The molecule has 0 unspecified atom stereocenters. The lowest BCUT2D eigenvalue weighted by atomic mass is 10.00. The molecule has 1 aliphatic rings. The first-order valence-electron chi connectivity index (χ1n) is 9.81. The molecule has 3 aromatic rings. The van der Waals surface area contributed by atoms with Gasteiger partial charge in [0.15, 0.2) is 0 Å². The Bertz CT molecular complexity index is 924. The Kier molecular flexibility index (Phi) is 5.73. The molecular weight excluding hydrogens is 354 g/mol. The number of aliphatic hydroxyl groups is 1. The molecule has 1 N–H and O–H groups in total. The van der Waals surface area contributed by atoms with E-state index in [1.54, 1.807) is 6.20 Å². The van der Waals surface area contributed by atoms with Crippen LogP contribution in [0.3, 0.4) is 0 Å². The minimum Gasteiger partial charge on any atom is -0.396 e. The fourth-order valence-electron chi connectivity index (χ4n) is 3.79. The summed E-state index contributed by atoms with van der Waals surface area (Å²) in [5.41, 5.74) is 2.76. The molecule has 0 aliphatic carbocycles. The summed E-state index contributed by atoms with van der Waals surface area (Å²) in [5.74, 6) is 1.94. The maximum absolute atomic E-state index is 9.31. The van der Waals surface area contributed by atoms with Crippen LogP contribution in [0.4, 0.5) is 0 Å². The fourth-order valence-corrected chi connectivity index (χ4v) is 3.79. The van der Waals surface area contributed by atoms with Crippen LogP contribution in [0, 0.1) is 6.92 Å². The SMILES string of the molecule is Cc1nccc(-c2cccc(-c3noc(CN4CCCC[C@H]4CCO)n3)c2)n1. The van der Waals surface area contributed by atoms with E-state index in [0.717, 1.165) is 42.0 Å². The first kappa shape index (κ1) is 18.7. The summed E-state index contributed by atoms with van der Waals surface area (Å²) in [6.07, 6.45) is 6.05. The third kappa shape index (κ3) is 4.26. The Labute approximate surface area is 164 Å². The van der Waals surface area contributed by atoms with Crippen LogP contribution in [0.2, 0.25) is 0 Å². The van der Waals surface area contributed by atoms with Crippen molar-refractivity contribution >= 4 is 0 Å². The average molecular weight is 379 g/mol. The zero-order valence-electron chi connectivity index (χ0n) is 16.1. The highest BCUT2D eigenvalue weighted by molar-refractivity contribution is 5.67. The maximum Gasteiger partial charge on any atom is 0.241 e. The minimum atomic E-state index is 0.214. The molecule has 0 radical (unpaired) electrons. The van der Waals surface area contributed by atoms with E-state index >= 15 is 0 Å². The zero-order valence-corrected chi connectivity index (χ0v) is 16.1. The van der Waals surface area contributed by atoms with Gasteiger partial charge in [-0.3, -0.25) is 4.90 Å². The van der Waals surface area contributed by atoms with Gasteiger partial charge in [0.25, 0.3) is 0 Å². The predicted molar refractivity (Wildman–Crippen MR) is 105 cm³/mol. The van der Waals surface area contributed by atoms with E-state index in [9.17, 15) is 5.11 Å². The molecule has 7 nitrogen and oxygen atoms in total. The second-order valence-corrected chi connectivity index (χ2v) is 7.21. The summed E-state index contributed by atoms with van der Waals surface area (Å²) in [7, 11) is 0. The van der Waals surface area contributed by atoms with E-state index in [0.29, 0.717) is 24.3 Å². The van der Waals surface area contributed by atoms with E-state index in [2.05, 4.69) is 25.0 Å². The summed E-state index contributed by atoms with van der Waals surface area (Å²) in [6, 6.07) is 10.3. The van der Waals surface area contributed by atoms with Crippen molar-refractivity contribution in [1.82, 2.24) is 25.0 Å². The number of hydrogen-bond donors (Lipinski definition) is 1. The lowest BCUT2D eigenvalue weighted by Gasteiger charge is -2.34. The van der Waals surface area contributed by atoms with Gasteiger partial charge in [-0.05, 0) is 44.9 Å². The van der Waals surface area contributed by atoms with Gasteiger partial charge >= 0.3 is 0 Å². The topological polar surface area (TPSA) is 88.2 Å². The number of hydrogen-bond acceptors (Lipinski definition) is 7. The Hall–Kier alpha value is -2.64. The van der Waals surface area contributed by atoms with Gasteiger partial charge in [-0.1, -0.05) is 29.8 Å². The highest BCUT2D eigenvalue weighted by atomic mass is 16.5. The molecule has 0 bridgehead atoms. The monoisotopic (exact) mass is 379 g/mol. The lowest BCUT2D eigenvalue weighted by molar-refractivity contribution is 0.100. The largest absolute Gasteiger partial charge is 0.396 e. The molecule has 1 aromatic carbocycles. The second-order valence-electron chi connectivity index (χ2n) is 7.21. The zero-order chi connectivity index (χ0) is 19.3. The van der Waals surface area contributed by atoms with Crippen molar-refractivity contribution in [2.45, 2.75) is 45.2 Å². The van der Waals surface area contributed by atoms with Crippen molar-refractivity contribution in [3.05, 3.63) is 48.2 Å². The molecule has 146 valence electrons. The number of aryl methyl sites for hydroxylation is 1. The summed E-state index contributed by atoms with van der Waals surface area (Å²) in [5, 5.41) is 13.5. The van der Waals surface area contributed by atoms with Crippen LogP contribution in [-0.4, -0.2) is 49.3 Å². The third-order valence-electron chi connectivity index (χ3n) is 5.21. The Morgan fingerprint density at radius 2 is 2.07 bits per heavy atom. The third-order valence-corrected chi connectivity index (χ3v) is 5.21. The van der Waals surface area contributed by atoms with Gasteiger partial charge < -0.3 is 9.63 Å². The van der Waals surface area contributed by atoms with Gasteiger partial charge in [0.1, 0.15) is 5.82 Å². The number of aliphatic hydroxyl groups excluding tert-OH is 1. The van der Waals surface area contributed by atoms with Crippen LogP contribution in [0.25, 0.3) is 22.6 Å². The van der Waals surface area contributed by atoms with Crippen molar-refractivity contribution in [2.24, 2.45) is 0 Å². The van der Waals surface area contributed by atoms with Crippen LogP contribution in [0.15, 0.2) is 41.1 Å². The van der Waals surface area contributed by atoms with E-state index in [4.69, 9.17) is 4.52 Å². The lowest BCUT2D eigenvalue weighted by Crippen LogP contribution is -2.39. The van der Waals surface area contributed by atoms with Crippen LogP contribution in [0.1, 0.15) is 37.4 Å². The van der Waals surface area contributed by atoms with Crippen molar-refractivity contribution in [2.75, 3.05) is 13.2 Å². The van der Waals surface area contributed by atoms with Gasteiger partial charge in [-0.15, -0.1) is 0 Å². The standard InChI is InChI=1S/C21H25N5O2/c1-15-22-10-8-19(23-15)16-5-4-6-17(13-16)21-24-20(28-25-21)14-26-11-3-2-7-18(26)9-12-27/h4-6,8,10,13,18,27H,2-3,7,9,11-12,14H2,1H3/t18-/m0/s1. The van der Waals surface area contributed by atoms with Crippen LogP contribution in [0.5, 0.6) is 0 Å². The highest BCUT2D eigenvalue weighted by Gasteiger charge is 2.24. The molecule has 7 heteroatoms. The van der Waals surface area contributed by atoms with Crippen molar-refractivity contribution < 1.29 is 9.63 Å². The highest BCUT2D eigenvalue weighted by Crippen LogP contribution is 2.25. The van der Waals surface area contributed by atoms with E-state index in [-0.39, 0.29) is 6.61 Å². The second kappa shape index (κ2) is 8.58. The van der Waals surface area contributed by atoms with Crippen LogP contribution in [-0.2, 0) is 6.54 Å². The van der Waals surface area contributed by atoms with E-state index < -0.39 is 0 Å². The normalized spacial score (nSPS) is 17.7. The van der Waals surface area contributed by atoms with Gasteiger partial charge in [0, 0.05) is 30.0 Å². The molecule has 1 fully saturated rings. The number of rotatable bonds is 6. The molecule has 0 spiro atoms. The summed E-state index contributed by atoms with van der Waals surface area (Å²) >= 11 is 0. The fraction of sp³-hybridized carbons (Fsp3) is 0.429. The Morgan fingerprint density at radius 3 is 2.93 bits per heavy atom. The van der Waals surface area contributed by atoms with Gasteiger partial charge in [-0.2, -0.15) is 4.98 Å². The van der Waals surface area contributed by atoms with Crippen molar-refractivity contribution in [3.63, 3.8) is 0 Å². The molecular formula is C21H25N5O2. The van der Waals surface area contributed by atoms with E-state index in [1.165, 1.54) is 12.8 Å². The van der Waals surface area contributed by atoms with Gasteiger partial charge in [-0.25, -0.2) is 9.97 Å². The summed E-state index contributed by atoms with van der Waals surface area (Å²) in [6.45, 7) is 3.72. The summed E-state index contributed by atoms with van der Waals surface area (Å²) < 4.78 is 5.52. The molecule has 0 saturated carbocycles. The first-order chi connectivity index (χ1) is 13.7. The number of aromatic nitrogens is 4. The van der Waals surface area contributed by atoms with Crippen molar-refractivity contribution in [1.29, 1.82) is 0 Å². The molecule has 1 saturated heterocycles. The molecule has 4 rings (SSSR count). The maximum atomic E-state index is 9.31. The molecule has 0 amide bonds. The quantitative estimate of drug-likeness (QED) is 0.703. The number of nitrogens with zero attached hydrogens (tertiary/aromatic N) is 5. The molecule has 3 heterocycles. The van der Waals surface area contributed by atoms with Gasteiger partial charge in [0.05, 0.1) is 12.2 Å². The van der Waals surface area contributed by atoms with Crippen LogP contribution >= 0.6 is 0 Å². The van der Waals surface area contributed by atoms with Crippen molar-refractivity contribution in [3.8, 4) is 22.6 Å². The number of benzene rings is 1. The molecule has 1 aliphatic heterocycles. The smallest absolute Gasteiger partial charge is 0.241 e. The molecule has 2 aromatic heterocycles. The Morgan fingerprint density at radius 1 is 1.18 bits per heavy atom. The minimum absolute atomic E-state index is 0.214. The van der Waals surface area contributed by atoms with Crippen LogP contribution < -0.4 is 0 Å². The number of piperidine rings is 1. The first-order valence-corrected chi connectivity index (χ1v) is 9.81. The predicted octanol–water partition coefficient (Wildman–Crippen LogP) is 3.24. The molecule has 1 atom stereocenters. The summed E-state index contributed by atoms with van der Waals surface area (Å²) in [4.78, 5) is 15.6. The number of likely N-dealkylation sites (tertiary alicyclic amines) is 1. The molecule has 28 heavy (non-hydrogen) atoms. The van der Waals surface area contributed by atoms with E-state index in [1.807, 2.05) is 37.3 Å².